The summed E-state index contributed by atoms with van der Waals surface area (Å²) in [5.41, 5.74) is 0.451. The van der Waals surface area contributed by atoms with Gasteiger partial charge in [0, 0.05) is 11.6 Å². The van der Waals surface area contributed by atoms with Crippen LogP contribution in [0.15, 0.2) is 40.9 Å². The van der Waals surface area contributed by atoms with Crippen molar-refractivity contribution in [2.24, 2.45) is 22.7 Å². The molecule has 6 atom stereocenters. The van der Waals surface area contributed by atoms with Gasteiger partial charge in [0.15, 0.2) is 0 Å². The van der Waals surface area contributed by atoms with Crippen LogP contribution in [0.3, 0.4) is 0 Å². The number of aromatic amines is 1. The van der Waals surface area contributed by atoms with Gasteiger partial charge in [-0.15, -0.1) is 0 Å². The van der Waals surface area contributed by atoms with E-state index in [4.69, 9.17) is 4.74 Å². The molecule has 0 saturated heterocycles. The summed E-state index contributed by atoms with van der Waals surface area (Å²) >= 11 is 0. The van der Waals surface area contributed by atoms with Crippen molar-refractivity contribution in [2.75, 3.05) is 18.5 Å². The van der Waals surface area contributed by atoms with Crippen LogP contribution in [0.25, 0.3) is 0 Å². The Morgan fingerprint density at radius 1 is 1.38 bits per heavy atom. The van der Waals surface area contributed by atoms with E-state index in [1.807, 2.05) is 6.92 Å². The molecule has 0 bridgehead atoms. The van der Waals surface area contributed by atoms with Gasteiger partial charge in [-0.05, 0) is 61.5 Å². The topological polar surface area (TPSA) is 125 Å². The van der Waals surface area contributed by atoms with E-state index < -0.39 is 17.2 Å². The molecule has 2 fully saturated rings. The van der Waals surface area contributed by atoms with E-state index in [1.165, 1.54) is 6.20 Å². The molecule has 0 radical (unpaired) electrons. The van der Waals surface area contributed by atoms with Crippen LogP contribution in [0.5, 0.6) is 0 Å². The normalized spacial score (nSPS) is 35.6. The third kappa shape index (κ3) is 3.79. The number of esters is 1. The zero-order chi connectivity index (χ0) is 23.1. The molecule has 1 aromatic heterocycles. The van der Waals surface area contributed by atoms with E-state index >= 15 is 0 Å². The highest BCUT2D eigenvalue weighted by atomic mass is 16.5. The highest BCUT2D eigenvalue weighted by Gasteiger charge is 2.58. The average Bonchev–Trinajstić information content (AvgIpc) is 3.19. The third-order valence-electron chi connectivity index (χ3n) is 8.30. The maximum atomic E-state index is 12.4. The molecule has 6 unspecified atom stereocenters. The number of rotatable bonds is 6. The second-order valence-corrected chi connectivity index (χ2v) is 10.0. The first-order chi connectivity index (χ1) is 15.2. The molecule has 8 nitrogen and oxygen atoms in total. The van der Waals surface area contributed by atoms with Gasteiger partial charge in [-0.25, -0.2) is 14.6 Å². The van der Waals surface area contributed by atoms with Gasteiger partial charge < -0.3 is 20.3 Å². The van der Waals surface area contributed by atoms with Crippen LogP contribution >= 0.6 is 0 Å². The predicted octanol–water partition coefficient (Wildman–Crippen LogP) is 2.17. The number of nitrogens with zero attached hydrogens (tertiary/aromatic N) is 1. The minimum Gasteiger partial charge on any atom is -0.458 e. The molecule has 0 spiro atoms. The Hall–Kier alpha value is -2.45. The first-order valence-corrected chi connectivity index (χ1v) is 11.3. The molecular formula is C24H33N3O5. The number of fused-ring (bicyclic) bond motifs is 1. The lowest BCUT2D eigenvalue weighted by atomic mass is 9.46. The molecule has 32 heavy (non-hydrogen) atoms. The number of H-pyrrole nitrogens is 1. The average molecular weight is 444 g/mol. The molecule has 0 aromatic carbocycles. The summed E-state index contributed by atoms with van der Waals surface area (Å²) in [5.74, 6) is 0.324. The van der Waals surface area contributed by atoms with Crippen LogP contribution < -0.4 is 11.0 Å². The molecule has 4 rings (SSSR count). The highest BCUT2D eigenvalue weighted by molar-refractivity contribution is 5.92. The van der Waals surface area contributed by atoms with Crippen LogP contribution in [0.4, 0.5) is 5.82 Å². The molecular weight excluding hydrogens is 410 g/mol. The summed E-state index contributed by atoms with van der Waals surface area (Å²) < 4.78 is 5.18. The number of nitrogens with one attached hydrogen (secondary N) is 2. The standard InChI is InChI=1S/C24H33N3O5/c1-14-4-5-18-23(2,9-6-19(29)24(18,3)13-28)16(14)12-17(15-8-11-32-21(15)30)26-20-7-10-25-22(31)27-20/h7-8,10,16-19,28-29H,1,4-6,9,11-13H2,2-3H3,(H2,25,26,27,31). The number of cyclic esters (lactones) is 1. The number of anilines is 1. The summed E-state index contributed by atoms with van der Waals surface area (Å²) in [7, 11) is 0. The Morgan fingerprint density at radius 2 is 2.16 bits per heavy atom. The van der Waals surface area contributed by atoms with Crippen molar-refractivity contribution in [1.29, 1.82) is 0 Å². The van der Waals surface area contributed by atoms with Crippen LogP contribution in [0.1, 0.15) is 46.0 Å². The molecule has 1 aromatic rings. The van der Waals surface area contributed by atoms with Crippen LogP contribution in [0, 0.1) is 22.7 Å². The van der Waals surface area contributed by atoms with E-state index in [0.717, 1.165) is 24.8 Å². The van der Waals surface area contributed by atoms with Gasteiger partial charge in [-0.2, -0.15) is 0 Å². The quantitative estimate of drug-likeness (QED) is 0.392. The van der Waals surface area contributed by atoms with Crippen LogP contribution in [-0.4, -0.2) is 51.5 Å². The lowest BCUT2D eigenvalue weighted by molar-refractivity contribution is -0.152. The first-order valence-electron chi connectivity index (χ1n) is 11.3. The lowest BCUT2D eigenvalue weighted by Crippen LogP contribution is -2.58. The number of aliphatic hydroxyl groups is 2. The molecule has 2 saturated carbocycles. The summed E-state index contributed by atoms with van der Waals surface area (Å²) in [6.45, 7) is 8.78. The summed E-state index contributed by atoms with van der Waals surface area (Å²) in [6.07, 6.45) is 6.39. The van der Waals surface area contributed by atoms with Crippen molar-refractivity contribution in [3.63, 3.8) is 0 Å². The molecule has 8 heteroatoms. The molecule has 3 aliphatic rings. The smallest absolute Gasteiger partial charge is 0.346 e. The Kier molecular flexibility index (Phi) is 6.02. The maximum absolute atomic E-state index is 12.4. The second kappa shape index (κ2) is 8.48. The highest BCUT2D eigenvalue weighted by Crippen LogP contribution is 2.62. The lowest BCUT2D eigenvalue weighted by Gasteiger charge is -2.60. The minimum absolute atomic E-state index is 0.0645. The molecule has 2 heterocycles. The Balaban J connectivity index is 1.68. The van der Waals surface area contributed by atoms with Crippen LogP contribution in [-0.2, 0) is 9.53 Å². The Labute approximate surface area is 187 Å². The van der Waals surface area contributed by atoms with E-state index in [1.54, 1.807) is 12.1 Å². The van der Waals surface area contributed by atoms with Gasteiger partial charge in [0.25, 0.3) is 0 Å². The Bertz CT molecular complexity index is 988. The van der Waals surface area contributed by atoms with Gasteiger partial charge in [-0.3, -0.25) is 4.98 Å². The minimum atomic E-state index is -0.573. The van der Waals surface area contributed by atoms with Gasteiger partial charge in [0.2, 0.25) is 0 Å². The van der Waals surface area contributed by atoms with E-state index in [9.17, 15) is 19.8 Å². The fourth-order valence-corrected chi connectivity index (χ4v) is 6.43. The molecule has 0 amide bonds. The zero-order valence-corrected chi connectivity index (χ0v) is 18.8. The van der Waals surface area contributed by atoms with Crippen molar-refractivity contribution < 1.29 is 19.7 Å². The molecule has 1 aliphatic heterocycles. The fourth-order valence-electron chi connectivity index (χ4n) is 6.43. The molecule has 2 aliphatic carbocycles. The number of hydrogen-bond donors (Lipinski definition) is 4. The number of aliphatic hydroxyl groups excluding tert-OH is 2. The number of carbonyl (C=O) groups is 1. The number of ether oxygens (including phenoxy) is 1. The van der Waals surface area contributed by atoms with Crippen molar-refractivity contribution in [1.82, 2.24) is 9.97 Å². The zero-order valence-electron chi connectivity index (χ0n) is 18.8. The van der Waals surface area contributed by atoms with Crippen molar-refractivity contribution >= 4 is 11.8 Å². The van der Waals surface area contributed by atoms with Gasteiger partial charge in [0.1, 0.15) is 12.4 Å². The van der Waals surface area contributed by atoms with Gasteiger partial charge >= 0.3 is 11.7 Å². The monoisotopic (exact) mass is 443 g/mol. The molecule has 4 N–H and O–H groups in total. The van der Waals surface area contributed by atoms with Crippen molar-refractivity contribution in [3.05, 3.63) is 46.5 Å². The van der Waals surface area contributed by atoms with E-state index in [-0.39, 0.29) is 42.5 Å². The van der Waals surface area contributed by atoms with Gasteiger partial charge in [0.05, 0.1) is 24.3 Å². The summed E-state index contributed by atoms with van der Waals surface area (Å²) in [4.78, 5) is 30.5. The SMILES string of the molecule is C=C1CCC2C(C)(CO)C(O)CCC2(C)C1CC(Nc1ccnc(=O)[nH]1)C1=CCOC1=O. The van der Waals surface area contributed by atoms with Crippen LogP contribution in [0.2, 0.25) is 0 Å². The molecule has 174 valence electrons. The third-order valence-corrected chi connectivity index (χ3v) is 8.30. The number of aromatic nitrogens is 2. The largest absolute Gasteiger partial charge is 0.458 e. The number of carbonyl (C=O) groups excluding carboxylic acids is 1. The number of allylic oxidation sites excluding steroid dienone is 1. The first kappa shape index (κ1) is 22.7. The van der Waals surface area contributed by atoms with Crippen molar-refractivity contribution in [2.45, 2.75) is 58.1 Å². The van der Waals surface area contributed by atoms with Gasteiger partial charge in [-0.1, -0.05) is 26.0 Å². The Morgan fingerprint density at radius 3 is 2.81 bits per heavy atom. The number of hydrogen-bond acceptors (Lipinski definition) is 7. The predicted molar refractivity (Wildman–Crippen MR) is 120 cm³/mol. The fraction of sp³-hybridized carbons (Fsp3) is 0.625. The van der Waals surface area contributed by atoms with Crippen molar-refractivity contribution in [3.8, 4) is 0 Å². The van der Waals surface area contributed by atoms with E-state index in [0.29, 0.717) is 24.2 Å². The summed E-state index contributed by atoms with van der Waals surface area (Å²) in [6, 6.07) is 1.28. The second-order valence-electron chi connectivity index (χ2n) is 10.0. The maximum Gasteiger partial charge on any atom is 0.346 e. The van der Waals surface area contributed by atoms with E-state index in [2.05, 4.69) is 28.8 Å². The summed E-state index contributed by atoms with van der Waals surface area (Å²) in [5, 5.41) is 24.3.